The molecule has 1 aromatic carbocycles. The number of hydrogen-bond donors (Lipinski definition) is 2. The number of carbonyl (C=O) groups excluding carboxylic acids is 1. The number of hydrogen-bond acceptors (Lipinski definition) is 4. The van der Waals surface area contributed by atoms with Gasteiger partial charge in [-0.25, -0.2) is 0 Å². The van der Waals surface area contributed by atoms with E-state index < -0.39 is 4.92 Å². The highest BCUT2D eigenvalue weighted by Crippen LogP contribution is 2.27. The van der Waals surface area contributed by atoms with E-state index in [1.807, 2.05) is 0 Å². The Labute approximate surface area is 134 Å². The molecule has 1 aliphatic carbocycles. The lowest BCUT2D eigenvalue weighted by atomic mass is 10.0. The lowest BCUT2D eigenvalue weighted by molar-refractivity contribution is -0.383. The van der Waals surface area contributed by atoms with Gasteiger partial charge in [0.1, 0.15) is 5.69 Å². The number of carbonyl (C=O) groups is 1. The molecule has 6 nitrogen and oxygen atoms in total. The van der Waals surface area contributed by atoms with E-state index in [-0.39, 0.29) is 22.4 Å². The number of nitrogens with one attached hydrogen (secondary N) is 2. The molecule has 0 radical (unpaired) electrons. The first-order valence-corrected chi connectivity index (χ1v) is 7.72. The topological polar surface area (TPSA) is 84.3 Å². The Morgan fingerprint density at radius 1 is 1.41 bits per heavy atom. The molecule has 2 rings (SSSR count). The summed E-state index contributed by atoms with van der Waals surface area (Å²) >= 11 is 5.07. The van der Waals surface area contributed by atoms with Gasteiger partial charge < -0.3 is 10.6 Å². The summed E-state index contributed by atoms with van der Waals surface area (Å²) in [7, 11) is 0. The molecule has 1 saturated carbocycles. The first kappa shape index (κ1) is 16.4. The zero-order valence-corrected chi connectivity index (χ0v) is 13.2. The minimum atomic E-state index is -0.474. The Balaban J connectivity index is 1.94. The number of benzene rings is 1. The van der Waals surface area contributed by atoms with Crippen LogP contribution in [0, 0.1) is 23.0 Å². The predicted molar refractivity (Wildman–Crippen MR) is 88.8 cm³/mol. The Bertz CT molecular complexity index is 598. The summed E-state index contributed by atoms with van der Waals surface area (Å²) in [5.41, 5.74) is 1.00. The molecule has 0 heterocycles. The summed E-state index contributed by atoms with van der Waals surface area (Å²) in [4.78, 5) is 22.5. The number of nitro groups is 1. The Morgan fingerprint density at radius 3 is 2.73 bits per heavy atom. The lowest BCUT2D eigenvalue weighted by Gasteiger charge is -2.12. The molecule has 0 bridgehead atoms. The van der Waals surface area contributed by atoms with Gasteiger partial charge in [-0.15, -0.1) is 0 Å². The second kappa shape index (κ2) is 7.31. The average molecular weight is 321 g/mol. The normalized spacial score (nSPS) is 14.6. The molecule has 0 spiro atoms. The quantitative estimate of drug-likeness (QED) is 0.505. The van der Waals surface area contributed by atoms with Gasteiger partial charge >= 0.3 is 0 Å². The molecule has 2 N–H and O–H groups in total. The molecule has 1 fully saturated rings. The molecule has 0 saturated heterocycles. The van der Waals surface area contributed by atoms with Crippen LogP contribution in [0.4, 0.5) is 11.4 Å². The Morgan fingerprint density at radius 2 is 2.09 bits per heavy atom. The van der Waals surface area contributed by atoms with E-state index in [4.69, 9.17) is 12.2 Å². The van der Waals surface area contributed by atoms with Gasteiger partial charge in [-0.3, -0.25) is 14.9 Å². The molecule has 1 aromatic rings. The summed E-state index contributed by atoms with van der Waals surface area (Å²) in [5.74, 6) is 0.288. The smallest absolute Gasteiger partial charge is 0.292 e. The average Bonchev–Trinajstić information content (AvgIpc) is 2.93. The standard InChI is InChI=1S/C15H19N3O3S/c1-10-6-7-12(13(8-10)18(20)21)16-15(22)17-14(19)9-11-4-2-3-5-11/h6-8,11H,2-5,9H2,1H3,(H2,16,17,19,22). The SMILES string of the molecule is Cc1ccc(NC(=S)NC(=O)CC2CCCC2)c([N+](=O)[O-])c1. The van der Waals surface area contributed by atoms with E-state index in [0.29, 0.717) is 12.3 Å². The van der Waals surface area contributed by atoms with Crippen molar-refractivity contribution in [1.29, 1.82) is 0 Å². The van der Waals surface area contributed by atoms with Crippen molar-refractivity contribution in [2.24, 2.45) is 5.92 Å². The minimum absolute atomic E-state index is 0.0626. The van der Waals surface area contributed by atoms with Gasteiger partial charge in [-0.05, 0) is 49.5 Å². The van der Waals surface area contributed by atoms with Crippen LogP contribution in [-0.4, -0.2) is 15.9 Å². The van der Waals surface area contributed by atoms with Crippen LogP contribution in [0.25, 0.3) is 0 Å². The van der Waals surface area contributed by atoms with Crippen molar-refractivity contribution in [3.8, 4) is 0 Å². The molecular formula is C15H19N3O3S. The number of thiocarbonyl (C=S) groups is 1. The number of anilines is 1. The van der Waals surface area contributed by atoms with Crippen molar-refractivity contribution >= 4 is 34.6 Å². The fraction of sp³-hybridized carbons (Fsp3) is 0.467. The molecule has 0 atom stereocenters. The molecule has 118 valence electrons. The van der Waals surface area contributed by atoms with Crippen LogP contribution in [0.15, 0.2) is 18.2 Å². The monoisotopic (exact) mass is 321 g/mol. The maximum Gasteiger partial charge on any atom is 0.292 e. The van der Waals surface area contributed by atoms with E-state index in [0.717, 1.165) is 18.4 Å². The number of aryl methyl sites for hydroxylation is 1. The zero-order chi connectivity index (χ0) is 16.1. The zero-order valence-electron chi connectivity index (χ0n) is 12.4. The van der Waals surface area contributed by atoms with Crippen molar-refractivity contribution < 1.29 is 9.72 Å². The van der Waals surface area contributed by atoms with E-state index in [2.05, 4.69) is 10.6 Å². The van der Waals surface area contributed by atoms with Crippen LogP contribution in [0.5, 0.6) is 0 Å². The van der Waals surface area contributed by atoms with Crippen molar-refractivity contribution in [3.63, 3.8) is 0 Å². The van der Waals surface area contributed by atoms with E-state index in [1.54, 1.807) is 19.1 Å². The van der Waals surface area contributed by atoms with E-state index >= 15 is 0 Å². The number of amides is 1. The molecule has 0 aliphatic heterocycles. The molecule has 0 aromatic heterocycles. The van der Waals surface area contributed by atoms with Gasteiger partial charge in [-0.1, -0.05) is 18.9 Å². The summed E-state index contributed by atoms with van der Waals surface area (Å²) in [6, 6.07) is 4.80. The van der Waals surface area contributed by atoms with Crippen molar-refractivity contribution in [1.82, 2.24) is 5.32 Å². The van der Waals surface area contributed by atoms with Gasteiger partial charge in [0, 0.05) is 12.5 Å². The summed E-state index contributed by atoms with van der Waals surface area (Å²) in [6.45, 7) is 1.78. The Kier molecular flexibility index (Phi) is 5.43. The molecule has 1 aliphatic rings. The fourth-order valence-electron chi connectivity index (χ4n) is 2.71. The highest BCUT2D eigenvalue weighted by Gasteiger charge is 2.20. The maximum absolute atomic E-state index is 11.9. The summed E-state index contributed by atoms with van der Waals surface area (Å²) in [5, 5.41) is 16.5. The third-order valence-corrected chi connectivity index (χ3v) is 4.00. The highest BCUT2D eigenvalue weighted by atomic mass is 32.1. The van der Waals surface area contributed by atoms with Crippen LogP contribution in [0.1, 0.15) is 37.7 Å². The lowest BCUT2D eigenvalue weighted by Crippen LogP contribution is -2.35. The highest BCUT2D eigenvalue weighted by molar-refractivity contribution is 7.80. The van der Waals surface area contributed by atoms with E-state index in [9.17, 15) is 14.9 Å². The van der Waals surface area contributed by atoms with Crippen molar-refractivity contribution in [2.45, 2.75) is 39.0 Å². The summed E-state index contributed by atoms with van der Waals surface area (Å²) < 4.78 is 0. The van der Waals surface area contributed by atoms with Crippen LogP contribution in [-0.2, 0) is 4.79 Å². The molecule has 7 heteroatoms. The van der Waals surface area contributed by atoms with Gasteiger partial charge in [0.15, 0.2) is 5.11 Å². The van der Waals surface area contributed by atoms with Crippen LogP contribution in [0.2, 0.25) is 0 Å². The van der Waals surface area contributed by atoms with Crippen molar-refractivity contribution in [3.05, 3.63) is 33.9 Å². The maximum atomic E-state index is 11.9. The first-order valence-electron chi connectivity index (χ1n) is 7.31. The molecule has 1 amide bonds. The first-order chi connectivity index (χ1) is 10.5. The van der Waals surface area contributed by atoms with E-state index in [1.165, 1.54) is 18.9 Å². The predicted octanol–water partition coefficient (Wildman–Crippen LogP) is 3.30. The molecule has 0 unspecified atom stereocenters. The summed E-state index contributed by atoms with van der Waals surface area (Å²) in [6.07, 6.45) is 4.97. The van der Waals surface area contributed by atoms with Gasteiger partial charge in [0.25, 0.3) is 5.69 Å². The number of rotatable bonds is 4. The second-order valence-corrected chi connectivity index (χ2v) is 6.04. The molecule has 22 heavy (non-hydrogen) atoms. The van der Waals surface area contributed by atoms with Gasteiger partial charge in [-0.2, -0.15) is 0 Å². The fourth-order valence-corrected chi connectivity index (χ4v) is 2.93. The Hall–Kier alpha value is -2.02. The molecular weight excluding hydrogens is 302 g/mol. The minimum Gasteiger partial charge on any atom is -0.327 e. The van der Waals surface area contributed by atoms with Crippen LogP contribution >= 0.6 is 12.2 Å². The third kappa shape index (κ3) is 4.49. The second-order valence-electron chi connectivity index (χ2n) is 5.63. The van der Waals surface area contributed by atoms with Gasteiger partial charge in [0.2, 0.25) is 5.91 Å². The van der Waals surface area contributed by atoms with Crippen molar-refractivity contribution in [2.75, 3.05) is 5.32 Å². The number of nitro benzene ring substituents is 1. The third-order valence-electron chi connectivity index (χ3n) is 3.80. The van der Waals surface area contributed by atoms with Gasteiger partial charge in [0.05, 0.1) is 4.92 Å². The van der Waals surface area contributed by atoms with Crippen LogP contribution in [0.3, 0.4) is 0 Å². The largest absolute Gasteiger partial charge is 0.327 e. The van der Waals surface area contributed by atoms with Crippen LogP contribution < -0.4 is 10.6 Å². The number of nitrogens with zero attached hydrogens (tertiary/aromatic N) is 1.